The highest BCUT2D eigenvalue weighted by atomic mass is 79.9. The lowest BCUT2D eigenvalue weighted by molar-refractivity contribution is -0.143. The van der Waals surface area contributed by atoms with Gasteiger partial charge in [0.15, 0.2) is 0 Å². The molecule has 0 bridgehead atoms. The molecule has 0 spiro atoms. The number of alkyl halides is 4. The second kappa shape index (κ2) is 10.5. The molecule has 2 rings (SSSR count). The van der Waals surface area contributed by atoms with E-state index in [-0.39, 0.29) is 27.5 Å². The first-order valence-corrected chi connectivity index (χ1v) is 12.5. The monoisotopic (exact) mass is 601 g/mol. The standard InChI is InChI=1S/C20H20Br2F3NO5S/c1-11(2)10-31-18(27)9-26-19(28)12-3-14(21)7-16(4-12)32(29,30)17-6-13(20(23,24)25)5-15(22)8-17/h3-4,6-8,11,15H,5,9-10H2,1-2H3,(H,26,28). The van der Waals surface area contributed by atoms with Crippen LogP contribution in [0, 0.1) is 5.92 Å². The second-order valence-electron chi connectivity index (χ2n) is 7.40. The van der Waals surface area contributed by atoms with Gasteiger partial charge in [-0.25, -0.2) is 8.42 Å². The third-order valence-electron chi connectivity index (χ3n) is 4.17. The van der Waals surface area contributed by atoms with Crippen molar-refractivity contribution in [2.24, 2.45) is 5.92 Å². The Kier molecular flexibility index (Phi) is 8.74. The summed E-state index contributed by atoms with van der Waals surface area (Å²) in [5.74, 6) is -1.28. The number of hydrogen-bond acceptors (Lipinski definition) is 5. The van der Waals surface area contributed by atoms with Gasteiger partial charge in [0.2, 0.25) is 9.84 Å². The molecular formula is C20H20Br2F3NO5S. The first-order chi connectivity index (χ1) is 14.7. The van der Waals surface area contributed by atoms with Crippen molar-refractivity contribution in [2.75, 3.05) is 13.2 Å². The number of halogens is 5. The number of benzene rings is 1. The molecule has 0 heterocycles. The minimum Gasteiger partial charge on any atom is -0.464 e. The lowest BCUT2D eigenvalue weighted by atomic mass is 10.0. The first kappa shape index (κ1) is 26.6. The smallest absolute Gasteiger partial charge is 0.412 e. The molecule has 12 heteroatoms. The number of amides is 1. The van der Waals surface area contributed by atoms with Crippen LogP contribution in [0.3, 0.4) is 0 Å². The van der Waals surface area contributed by atoms with Crippen LogP contribution in [0.2, 0.25) is 0 Å². The van der Waals surface area contributed by atoms with Crippen LogP contribution in [0.15, 0.2) is 50.2 Å². The molecule has 1 aliphatic carbocycles. The second-order valence-corrected chi connectivity index (χ2v) is 11.4. The van der Waals surface area contributed by atoms with Crippen LogP contribution < -0.4 is 5.32 Å². The Bertz CT molecular complexity index is 1070. The highest BCUT2D eigenvalue weighted by Gasteiger charge is 2.38. The number of nitrogens with one attached hydrogen (secondary N) is 1. The zero-order valence-electron chi connectivity index (χ0n) is 17.0. The molecule has 0 radical (unpaired) electrons. The number of allylic oxidation sites excluding steroid dienone is 3. The molecule has 0 aromatic heterocycles. The number of hydrogen-bond donors (Lipinski definition) is 1. The molecule has 1 N–H and O–H groups in total. The van der Waals surface area contributed by atoms with Crippen LogP contribution in [0.5, 0.6) is 0 Å². The van der Waals surface area contributed by atoms with Crippen LogP contribution in [0.4, 0.5) is 13.2 Å². The fourth-order valence-corrected chi connectivity index (χ4v) is 5.57. The van der Waals surface area contributed by atoms with Crippen LogP contribution in [-0.4, -0.2) is 44.4 Å². The van der Waals surface area contributed by atoms with Gasteiger partial charge in [-0.1, -0.05) is 51.8 Å². The van der Waals surface area contributed by atoms with Crippen molar-refractivity contribution in [3.63, 3.8) is 0 Å². The summed E-state index contributed by atoms with van der Waals surface area (Å²) in [6.45, 7) is 3.46. The van der Waals surface area contributed by atoms with Gasteiger partial charge in [-0.3, -0.25) is 9.59 Å². The third-order valence-corrected chi connectivity index (χ3v) is 6.94. The Morgan fingerprint density at radius 2 is 1.91 bits per heavy atom. The van der Waals surface area contributed by atoms with E-state index in [1.165, 1.54) is 18.2 Å². The number of esters is 1. The molecule has 1 aromatic rings. The average molecular weight is 603 g/mol. The van der Waals surface area contributed by atoms with Crippen molar-refractivity contribution in [3.05, 3.63) is 50.9 Å². The topological polar surface area (TPSA) is 89.5 Å². The van der Waals surface area contributed by atoms with Crippen LogP contribution >= 0.6 is 31.9 Å². The van der Waals surface area contributed by atoms with Gasteiger partial charge in [-0.15, -0.1) is 0 Å². The van der Waals surface area contributed by atoms with Crippen LogP contribution in [-0.2, 0) is 19.4 Å². The van der Waals surface area contributed by atoms with Crippen molar-refractivity contribution in [2.45, 2.75) is 36.2 Å². The molecule has 0 fully saturated rings. The molecule has 1 atom stereocenters. The summed E-state index contributed by atoms with van der Waals surface area (Å²) in [5, 5.41) is 2.33. The molecule has 1 amide bonds. The zero-order valence-corrected chi connectivity index (χ0v) is 21.0. The highest BCUT2D eigenvalue weighted by molar-refractivity contribution is 9.10. The van der Waals surface area contributed by atoms with Gasteiger partial charge in [-0.05, 0) is 36.6 Å². The van der Waals surface area contributed by atoms with E-state index in [0.29, 0.717) is 6.08 Å². The molecule has 6 nitrogen and oxygen atoms in total. The average Bonchev–Trinajstić information content (AvgIpc) is 2.68. The van der Waals surface area contributed by atoms with Crippen molar-refractivity contribution >= 4 is 53.6 Å². The molecule has 0 aliphatic heterocycles. The number of carbonyl (C=O) groups is 2. The minimum atomic E-state index is -4.67. The van der Waals surface area contributed by atoms with Crippen molar-refractivity contribution in [1.82, 2.24) is 5.32 Å². The third kappa shape index (κ3) is 7.17. The molecular weight excluding hydrogens is 583 g/mol. The van der Waals surface area contributed by atoms with Gasteiger partial charge >= 0.3 is 12.1 Å². The Morgan fingerprint density at radius 1 is 1.25 bits per heavy atom. The van der Waals surface area contributed by atoms with Gasteiger partial charge in [0, 0.05) is 20.4 Å². The summed E-state index contributed by atoms with van der Waals surface area (Å²) < 4.78 is 70.7. The highest BCUT2D eigenvalue weighted by Crippen LogP contribution is 2.38. The summed E-state index contributed by atoms with van der Waals surface area (Å²) in [5.41, 5.74) is -1.07. The van der Waals surface area contributed by atoms with Gasteiger partial charge in [-0.2, -0.15) is 13.2 Å². The molecule has 1 aromatic carbocycles. The van der Waals surface area contributed by atoms with Crippen molar-refractivity contribution in [1.29, 1.82) is 0 Å². The first-order valence-electron chi connectivity index (χ1n) is 9.33. The van der Waals surface area contributed by atoms with E-state index in [1.807, 2.05) is 13.8 Å². The van der Waals surface area contributed by atoms with E-state index in [2.05, 4.69) is 37.2 Å². The van der Waals surface area contributed by atoms with E-state index < -0.39 is 56.2 Å². The number of ether oxygens (including phenoxy) is 1. The van der Waals surface area contributed by atoms with E-state index in [4.69, 9.17) is 4.74 Å². The van der Waals surface area contributed by atoms with E-state index in [9.17, 15) is 31.2 Å². The van der Waals surface area contributed by atoms with E-state index in [1.54, 1.807) is 0 Å². The normalized spacial score (nSPS) is 16.9. The number of carbonyl (C=O) groups excluding carboxylic acids is 2. The predicted molar refractivity (Wildman–Crippen MR) is 119 cm³/mol. The van der Waals surface area contributed by atoms with Crippen molar-refractivity contribution in [3.8, 4) is 0 Å². The summed E-state index contributed by atoms with van der Waals surface area (Å²) in [6, 6.07) is 3.55. The molecule has 0 saturated carbocycles. The fourth-order valence-electron chi connectivity index (χ4n) is 2.64. The predicted octanol–water partition coefficient (Wildman–Crippen LogP) is 4.69. The summed E-state index contributed by atoms with van der Waals surface area (Å²) >= 11 is 6.15. The Balaban J connectivity index is 2.29. The zero-order chi connectivity index (χ0) is 24.3. The Morgan fingerprint density at radius 3 is 2.50 bits per heavy atom. The van der Waals surface area contributed by atoms with Crippen molar-refractivity contribution < 1.29 is 35.9 Å². The quantitative estimate of drug-likeness (QED) is 0.361. The van der Waals surface area contributed by atoms with Crippen LogP contribution in [0.1, 0.15) is 30.6 Å². The van der Waals surface area contributed by atoms with Gasteiger partial charge < -0.3 is 10.1 Å². The van der Waals surface area contributed by atoms with Gasteiger partial charge in [0.1, 0.15) is 6.54 Å². The molecule has 32 heavy (non-hydrogen) atoms. The lowest BCUT2D eigenvalue weighted by Crippen LogP contribution is -2.31. The van der Waals surface area contributed by atoms with E-state index >= 15 is 0 Å². The summed E-state index contributed by atoms with van der Waals surface area (Å²) in [7, 11) is -4.36. The summed E-state index contributed by atoms with van der Waals surface area (Å²) in [6.07, 6.45) is -3.30. The molecule has 1 aliphatic rings. The molecule has 176 valence electrons. The van der Waals surface area contributed by atoms with Gasteiger partial charge in [0.25, 0.3) is 5.91 Å². The SMILES string of the molecule is CC(C)COC(=O)CNC(=O)c1cc(Br)cc(S(=O)(=O)C2=CC(Br)CC(C(F)(F)F)=C2)c1. The van der Waals surface area contributed by atoms with Gasteiger partial charge in [0.05, 0.1) is 16.4 Å². The minimum absolute atomic E-state index is 0.0959. The van der Waals surface area contributed by atoms with E-state index in [0.717, 1.165) is 6.07 Å². The lowest BCUT2D eigenvalue weighted by Gasteiger charge is -2.20. The summed E-state index contributed by atoms with van der Waals surface area (Å²) in [4.78, 5) is 22.4. The maximum absolute atomic E-state index is 13.2. The molecule has 0 saturated heterocycles. The maximum Gasteiger partial charge on any atom is 0.412 e. The van der Waals surface area contributed by atoms with Crippen LogP contribution in [0.25, 0.3) is 0 Å². The number of sulfone groups is 1. The molecule has 1 unspecified atom stereocenters. The Labute approximate surface area is 200 Å². The number of rotatable bonds is 7. The largest absolute Gasteiger partial charge is 0.464 e. The Hall–Kier alpha value is -1.66. The maximum atomic E-state index is 13.2. The fraction of sp³-hybridized carbons (Fsp3) is 0.400.